The number of carbonyl (C=O) groups excluding carboxylic acids is 3. The number of carboxylic acid groups (broad SMARTS) is 1. The summed E-state index contributed by atoms with van der Waals surface area (Å²) in [7, 11) is 5.40. The van der Waals surface area contributed by atoms with Gasteiger partial charge in [-0.05, 0) is 38.5 Å². The Kier molecular flexibility index (Phi) is 35.2. The van der Waals surface area contributed by atoms with Gasteiger partial charge in [0.1, 0.15) is 12.6 Å². The second-order valence-corrected chi connectivity index (χ2v) is 16.0. The van der Waals surface area contributed by atoms with Crippen molar-refractivity contribution in [2.45, 2.75) is 206 Å². The number of aliphatic carboxylic acids is 1. The molecule has 0 fully saturated rings. The molecule has 0 aliphatic heterocycles. The van der Waals surface area contributed by atoms with Gasteiger partial charge in [-0.3, -0.25) is 9.59 Å². The molecule has 2 atom stereocenters. The van der Waals surface area contributed by atoms with E-state index in [1.165, 1.54) is 109 Å². The van der Waals surface area contributed by atoms with E-state index in [0.717, 1.165) is 51.4 Å². The highest BCUT2D eigenvalue weighted by atomic mass is 16.6. The molecule has 0 heterocycles. The summed E-state index contributed by atoms with van der Waals surface area (Å²) in [6, 6.07) is -0.727. The Morgan fingerprint density at radius 1 is 0.566 bits per heavy atom. The van der Waals surface area contributed by atoms with Crippen LogP contribution in [0.5, 0.6) is 0 Å². The number of unbranched alkanes of at least 4 members (excludes halogenated alkanes) is 22. The summed E-state index contributed by atoms with van der Waals surface area (Å²) in [5.41, 5.74) is 0. The quantitative estimate of drug-likeness (QED) is 0.0267. The highest BCUT2D eigenvalue weighted by Gasteiger charge is 2.25. The van der Waals surface area contributed by atoms with Gasteiger partial charge in [0.2, 0.25) is 0 Å². The van der Waals surface area contributed by atoms with Gasteiger partial charge in [-0.25, -0.2) is 0 Å². The minimum absolute atomic E-state index is 0.0337. The van der Waals surface area contributed by atoms with E-state index in [1.807, 2.05) is 0 Å². The first-order valence-corrected chi connectivity index (χ1v) is 21.9. The van der Waals surface area contributed by atoms with Crippen LogP contribution in [0.3, 0.4) is 0 Å². The van der Waals surface area contributed by atoms with Gasteiger partial charge in [-0.2, -0.15) is 0 Å². The van der Waals surface area contributed by atoms with Crippen molar-refractivity contribution < 1.29 is 38.2 Å². The highest BCUT2D eigenvalue weighted by molar-refractivity contribution is 5.70. The number of esters is 2. The maximum atomic E-state index is 12.7. The van der Waals surface area contributed by atoms with Gasteiger partial charge in [-0.15, -0.1) is 0 Å². The van der Waals surface area contributed by atoms with E-state index in [9.17, 15) is 19.5 Å². The lowest BCUT2D eigenvalue weighted by Gasteiger charge is -2.34. The average Bonchev–Trinajstić information content (AvgIpc) is 3.11. The lowest BCUT2D eigenvalue weighted by molar-refractivity contribution is -0.889. The van der Waals surface area contributed by atoms with Crippen molar-refractivity contribution in [2.24, 2.45) is 0 Å². The molecule has 0 bridgehead atoms. The van der Waals surface area contributed by atoms with Crippen LogP contribution in [0.15, 0.2) is 24.3 Å². The Morgan fingerprint density at radius 2 is 0.981 bits per heavy atom. The molecule has 0 radical (unpaired) electrons. The van der Waals surface area contributed by atoms with Gasteiger partial charge in [0, 0.05) is 19.3 Å². The lowest BCUT2D eigenvalue weighted by atomic mass is 10.0. The topological polar surface area (TPSA) is 102 Å². The molecule has 0 saturated carbocycles. The van der Waals surface area contributed by atoms with Gasteiger partial charge in [0.15, 0.2) is 6.10 Å². The van der Waals surface area contributed by atoms with Crippen LogP contribution in [0.1, 0.15) is 194 Å². The van der Waals surface area contributed by atoms with Gasteiger partial charge in [0.25, 0.3) is 0 Å². The lowest BCUT2D eigenvalue weighted by Crippen LogP contribution is -2.55. The fourth-order valence-electron chi connectivity index (χ4n) is 6.41. The molecule has 310 valence electrons. The Hall–Kier alpha value is -2.19. The Balaban J connectivity index is 4.39. The second kappa shape index (κ2) is 36.8. The summed E-state index contributed by atoms with van der Waals surface area (Å²) in [6.07, 6.45) is 39.1. The number of carbonyl (C=O) groups is 3. The van der Waals surface area contributed by atoms with Gasteiger partial charge < -0.3 is 28.6 Å². The number of allylic oxidation sites excluding steroid dienone is 4. The number of ether oxygens (including phenoxy) is 3. The molecule has 0 aliphatic rings. The summed E-state index contributed by atoms with van der Waals surface area (Å²) in [6.45, 7) is 4.64. The number of rotatable bonds is 39. The fraction of sp³-hybridized carbons (Fsp3) is 0.844. The average molecular weight is 750 g/mol. The van der Waals surface area contributed by atoms with E-state index in [1.54, 1.807) is 21.1 Å². The Labute approximate surface area is 326 Å². The minimum atomic E-state index is -1.13. The maximum absolute atomic E-state index is 12.7. The molecule has 8 heteroatoms. The van der Waals surface area contributed by atoms with Crippen molar-refractivity contribution in [3.63, 3.8) is 0 Å². The van der Waals surface area contributed by atoms with Crippen molar-refractivity contribution in [3.8, 4) is 0 Å². The molecule has 0 aliphatic carbocycles. The molecule has 8 nitrogen and oxygen atoms in total. The maximum Gasteiger partial charge on any atom is 0.306 e. The van der Waals surface area contributed by atoms with Crippen LogP contribution in [-0.2, 0) is 28.6 Å². The standard InChI is InChI=1S/C45H83NO7/c1-6-8-10-12-14-16-18-20-21-22-24-26-28-30-32-34-36-44(48)53-41(39-51-38-37-42(45(49)50)46(3,4)5)40-52-43(47)35-33-31-29-27-25-23-19-17-15-13-11-9-7-2/h21-22,24,26,41-42H,6-20,23,25,27-40H2,1-5H3/b22-21+,26-24+. The number of hydrogen-bond donors (Lipinski definition) is 0. The van der Waals surface area contributed by atoms with Crippen molar-refractivity contribution in [3.05, 3.63) is 24.3 Å². The molecule has 0 saturated heterocycles. The van der Waals surface area contributed by atoms with Crippen molar-refractivity contribution in [1.82, 2.24) is 0 Å². The minimum Gasteiger partial charge on any atom is -0.544 e. The molecular formula is C45H83NO7. The zero-order valence-electron chi connectivity index (χ0n) is 35.2. The summed E-state index contributed by atoms with van der Waals surface area (Å²) in [4.78, 5) is 36.8. The molecule has 53 heavy (non-hydrogen) atoms. The van der Waals surface area contributed by atoms with E-state index in [4.69, 9.17) is 14.2 Å². The van der Waals surface area contributed by atoms with Crippen LogP contribution in [0.2, 0.25) is 0 Å². The third-order valence-corrected chi connectivity index (χ3v) is 9.87. The molecule has 0 N–H and O–H groups in total. The van der Waals surface area contributed by atoms with Crippen LogP contribution in [-0.4, -0.2) is 75.5 Å². The molecule has 0 aromatic heterocycles. The first-order chi connectivity index (χ1) is 25.6. The van der Waals surface area contributed by atoms with E-state index in [2.05, 4.69) is 38.2 Å². The highest BCUT2D eigenvalue weighted by Crippen LogP contribution is 2.14. The zero-order chi connectivity index (χ0) is 39.3. The van der Waals surface area contributed by atoms with E-state index in [-0.39, 0.29) is 42.7 Å². The van der Waals surface area contributed by atoms with Crippen molar-refractivity contribution >= 4 is 17.9 Å². The summed E-state index contributed by atoms with van der Waals surface area (Å²) in [5, 5.41) is 11.6. The van der Waals surface area contributed by atoms with Crippen molar-refractivity contribution in [1.29, 1.82) is 0 Å². The van der Waals surface area contributed by atoms with Crippen LogP contribution in [0.25, 0.3) is 0 Å². The van der Waals surface area contributed by atoms with Gasteiger partial charge >= 0.3 is 11.9 Å². The predicted octanol–water partition coefficient (Wildman–Crippen LogP) is 10.4. The number of hydrogen-bond acceptors (Lipinski definition) is 7. The summed E-state index contributed by atoms with van der Waals surface area (Å²) >= 11 is 0. The molecule has 2 unspecified atom stereocenters. The van der Waals surface area contributed by atoms with Crippen LogP contribution in [0, 0.1) is 0 Å². The van der Waals surface area contributed by atoms with Gasteiger partial charge in [0.05, 0.1) is 40.3 Å². The number of carboxylic acids is 1. The SMILES string of the molecule is CCCCCCCCC/C=C/C=C/CCCCCC(=O)OC(COCCC(C(=O)[O-])[N+](C)(C)C)COC(=O)CCCCCCCCCCCCCCC. The monoisotopic (exact) mass is 750 g/mol. The summed E-state index contributed by atoms with van der Waals surface area (Å²) in [5.74, 6) is -1.76. The zero-order valence-corrected chi connectivity index (χ0v) is 35.2. The van der Waals surface area contributed by atoms with E-state index >= 15 is 0 Å². The van der Waals surface area contributed by atoms with Gasteiger partial charge in [-0.1, -0.05) is 160 Å². The molecular weight excluding hydrogens is 666 g/mol. The molecule has 0 aromatic carbocycles. The van der Waals surface area contributed by atoms with Crippen molar-refractivity contribution in [2.75, 3.05) is 41.0 Å². The number of nitrogens with zero attached hydrogens (tertiary/aromatic N) is 1. The summed E-state index contributed by atoms with van der Waals surface area (Å²) < 4.78 is 17.1. The normalized spacial score (nSPS) is 13.2. The first-order valence-electron chi connectivity index (χ1n) is 21.9. The molecule has 0 spiro atoms. The second-order valence-electron chi connectivity index (χ2n) is 16.0. The smallest absolute Gasteiger partial charge is 0.306 e. The molecule has 0 amide bonds. The van der Waals surface area contributed by atoms with E-state index < -0.39 is 18.1 Å². The Morgan fingerprint density at radius 3 is 1.43 bits per heavy atom. The molecule has 0 aromatic rings. The Bertz CT molecular complexity index is 926. The fourth-order valence-corrected chi connectivity index (χ4v) is 6.41. The van der Waals surface area contributed by atoms with Crippen LogP contribution >= 0.6 is 0 Å². The third kappa shape index (κ3) is 35.3. The number of likely N-dealkylation sites (N-methyl/N-ethyl adjacent to an activating group) is 1. The predicted molar refractivity (Wildman–Crippen MR) is 217 cm³/mol. The largest absolute Gasteiger partial charge is 0.544 e. The van der Waals surface area contributed by atoms with Crippen LogP contribution in [0.4, 0.5) is 0 Å². The molecule has 0 rings (SSSR count). The number of quaternary nitrogens is 1. The van der Waals surface area contributed by atoms with E-state index in [0.29, 0.717) is 12.8 Å². The third-order valence-electron chi connectivity index (χ3n) is 9.87. The van der Waals surface area contributed by atoms with Crippen LogP contribution < -0.4 is 5.11 Å². The first kappa shape index (κ1) is 50.8.